The topological polar surface area (TPSA) is 37.8 Å². The maximum atomic E-state index is 4.60. The van der Waals surface area contributed by atoms with E-state index < -0.39 is 0 Å². The van der Waals surface area contributed by atoms with Crippen LogP contribution in [0, 0.1) is 13.8 Å². The zero-order valence-corrected chi connectivity index (χ0v) is 11.3. The number of thiazole rings is 1. The molecule has 2 aromatic heterocycles. The maximum Gasteiger partial charge on any atom is 0.142 e. The third kappa shape index (κ3) is 2.90. The van der Waals surface area contributed by atoms with Crippen LogP contribution >= 0.6 is 11.3 Å². The van der Waals surface area contributed by atoms with E-state index in [-0.39, 0.29) is 0 Å². The molecule has 0 unspecified atom stereocenters. The molecule has 0 radical (unpaired) electrons. The van der Waals surface area contributed by atoms with Crippen LogP contribution in [0.15, 0.2) is 17.6 Å². The summed E-state index contributed by atoms with van der Waals surface area (Å²) in [6.07, 6.45) is 1.90. The quantitative estimate of drug-likeness (QED) is 0.902. The van der Waals surface area contributed by atoms with Crippen molar-refractivity contribution in [1.29, 1.82) is 0 Å². The Morgan fingerprint density at radius 3 is 2.88 bits per heavy atom. The molecule has 3 nitrogen and oxygen atoms in total. The Labute approximate surface area is 106 Å². The summed E-state index contributed by atoms with van der Waals surface area (Å²) in [5, 5.41) is 6.38. The molecule has 2 aromatic rings. The molecule has 0 aromatic carbocycles. The Bertz CT molecular complexity index is 505. The van der Waals surface area contributed by atoms with E-state index >= 15 is 0 Å². The van der Waals surface area contributed by atoms with Crippen molar-refractivity contribution in [1.82, 2.24) is 15.3 Å². The molecule has 1 N–H and O–H groups in total. The van der Waals surface area contributed by atoms with E-state index in [2.05, 4.69) is 47.5 Å². The van der Waals surface area contributed by atoms with Gasteiger partial charge in [0, 0.05) is 18.1 Å². The first-order valence-corrected chi connectivity index (χ1v) is 6.67. The molecule has 0 aliphatic heterocycles. The summed E-state index contributed by atoms with van der Waals surface area (Å²) < 4.78 is 0. The van der Waals surface area contributed by atoms with Gasteiger partial charge in [0.15, 0.2) is 0 Å². The van der Waals surface area contributed by atoms with Gasteiger partial charge in [-0.2, -0.15) is 0 Å². The van der Waals surface area contributed by atoms with Crippen LogP contribution in [0.3, 0.4) is 0 Å². The molecule has 2 rings (SSSR count). The first-order valence-electron chi connectivity index (χ1n) is 5.79. The number of hydrogen-bond acceptors (Lipinski definition) is 4. The number of pyridine rings is 1. The minimum Gasteiger partial charge on any atom is -0.311 e. The highest BCUT2D eigenvalue weighted by Crippen LogP contribution is 2.25. The second kappa shape index (κ2) is 5.38. The van der Waals surface area contributed by atoms with Crippen LogP contribution in [0.5, 0.6) is 0 Å². The van der Waals surface area contributed by atoms with Crippen molar-refractivity contribution >= 4 is 11.3 Å². The molecule has 4 heteroatoms. The molecule has 0 aliphatic rings. The Hall–Kier alpha value is -1.26. The predicted molar refractivity (Wildman–Crippen MR) is 72.2 cm³/mol. The molecule has 90 valence electrons. The maximum absolute atomic E-state index is 4.60. The SMILES string of the molecule is CCNCc1csc(-c2ncc(C)cc2C)n1. The normalized spacial score (nSPS) is 10.8. The van der Waals surface area contributed by atoms with Gasteiger partial charge in [0.2, 0.25) is 0 Å². The van der Waals surface area contributed by atoms with Crippen LogP contribution in [0.2, 0.25) is 0 Å². The predicted octanol–water partition coefficient (Wildman–Crippen LogP) is 2.93. The molecule has 0 aliphatic carbocycles. The van der Waals surface area contributed by atoms with Crippen molar-refractivity contribution in [2.75, 3.05) is 6.54 Å². The number of nitrogens with zero attached hydrogens (tertiary/aromatic N) is 2. The second-order valence-corrected chi connectivity index (χ2v) is 4.96. The standard InChI is InChI=1S/C13H17N3S/c1-4-14-7-11-8-17-13(16-11)12-10(3)5-9(2)6-15-12/h5-6,8,14H,4,7H2,1-3H3. The first kappa shape index (κ1) is 12.2. The van der Waals surface area contributed by atoms with Gasteiger partial charge >= 0.3 is 0 Å². The fourth-order valence-corrected chi connectivity index (χ4v) is 2.57. The van der Waals surface area contributed by atoms with Gasteiger partial charge in [-0.05, 0) is 31.5 Å². The summed E-state index contributed by atoms with van der Waals surface area (Å²) in [7, 11) is 0. The highest BCUT2D eigenvalue weighted by atomic mass is 32.1. The molecule has 0 amide bonds. The van der Waals surface area contributed by atoms with Gasteiger partial charge in [-0.25, -0.2) is 4.98 Å². The van der Waals surface area contributed by atoms with Crippen molar-refractivity contribution in [2.45, 2.75) is 27.3 Å². The second-order valence-electron chi connectivity index (χ2n) is 4.10. The number of nitrogens with one attached hydrogen (secondary N) is 1. The third-order valence-corrected chi connectivity index (χ3v) is 3.42. The van der Waals surface area contributed by atoms with E-state index in [1.807, 2.05) is 6.20 Å². The smallest absolute Gasteiger partial charge is 0.142 e. The largest absolute Gasteiger partial charge is 0.311 e. The highest BCUT2D eigenvalue weighted by Gasteiger charge is 2.08. The first-order chi connectivity index (χ1) is 8.20. The Kier molecular flexibility index (Phi) is 3.86. The third-order valence-electron chi connectivity index (χ3n) is 2.53. The van der Waals surface area contributed by atoms with Gasteiger partial charge in [-0.15, -0.1) is 11.3 Å². The van der Waals surface area contributed by atoms with E-state index in [1.54, 1.807) is 11.3 Å². The molecule has 0 spiro atoms. The van der Waals surface area contributed by atoms with Gasteiger partial charge in [0.25, 0.3) is 0 Å². The van der Waals surface area contributed by atoms with E-state index in [4.69, 9.17) is 0 Å². The van der Waals surface area contributed by atoms with E-state index in [0.717, 1.165) is 29.5 Å². The van der Waals surface area contributed by atoms with Crippen LogP contribution in [0.25, 0.3) is 10.7 Å². The highest BCUT2D eigenvalue weighted by molar-refractivity contribution is 7.13. The minimum absolute atomic E-state index is 0.831. The van der Waals surface area contributed by atoms with Gasteiger partial charge in [-0.1, -0.05) is 13.0 Å². The molecular formula is C13H17N3S. The summed E-state index contributed by atoms with van der Waals surface area (Å²) in [6, 6.07) is 2.15. The van der Waals surface area contributed by atoms with E-state index in [0.29, 0.717) is 0 Å². The lowest BCUT2D eigenvalue weighted by atomic mass is 10.2. The van der Waals surface area contributed by atoms with Crippen molar-refractivity contribution < 1.29 is 0 Å². The van der Waals surface area contributed by atoms with Crippen LogP contribution in [-0.4, -0.2) is 16.5 Å². The average Bonchev–Trinajstić information content (AvgIpc) is 2.75. The molecule has 0 bridgehead atoms. The van der Waals surface area contributed by atoms with Crippen molar-refractivity contribution in [3.05, 3.63) is 34.5 Å². The summed E-state index contributed by atoms with van der Waals surface area (Å²) >= 11 is 1.66. The van der Waals surface area contributed by atoms with Crippen molar-refractivity contribution in [3.63, 3.8) is 0 Å². The monoisotopic (exact) mass is 247 g/mol. The molecular weight excluding hydrogens is 230 g/mol. The van der Waals surface area contributed by atoms with Gasteiger partial charge in [-0.3, -0.25) is 4.98 Å². The van der Waals surface area contributed by atoms with Crippen LogP contribution in [0.4, 0.5) is 0 Å². The van der Waals surface area contributed by atoms with Gasteiger partial charge in [0.1, 0.15) is 10.7 Å². The van der Waals surface area contributed by atoms with E-state index in [1.165, 1.54) is 11.1 Å². The summed E-state index contributed by atoms with van der Waals surface area (Å²) in [5.74, 6) is 0. The van der Waals surface area contributed by atoms with E-state index in [9.17, 15) is 0 Å². The molecule has 0 saturated heterocycles. The van der Waals surface area contributed by atoms with Crippen LogP contribution in [0.1, 0.15) is 23.7 Å². The molecule has 17 heavy (non-hydrogen) atoms. The van der Waals surface area contributed by atoms with Crippen LogP contribution in [-0.2, 0) is 6.54 Å². The molecule has 0 atom stereocenters. The Morgan fingerprint density at radius 2 is 2.18 bits per heavy atom. The zero-order chi connectivity index (χ0) is 12.3. The van der Waals surface area contributed by atoms with Crippen molar-refractivity contribution in [3.8, 4) is 10.7 Å². The Balaban J connectivity index is 2.24. The lowest BCUT2D eigenvalue weighted by Crippen LogP contribution is -2.11. The summed E-state index contributed by atoms with van der Waals surface area (Å²) in [6.45, 7) is 8.04. The Morgan fingerprint density at radius 1 is 1.35 bits per heavy atom. The number of rotatable bonds is 4. The van der Waals surface area contributed by atoms with Crippen molar-refractivity contribution in [2.24, 2.45) is 0 Å². The van der Waals surface area contributed by atoms with Crippen LogP contribution < -0.4 is 5.32 Å². The fourth-order valence-electron chi connectivity index (χ4n) is 1.69. The number of hydrogen-bond donors (Lipinski definition) is 1. The minimum atomic E-state index is 0.831. The zero-order valence-electron chi connectivity index (χ0n) is 10.4. The summed E-state index contributed by atoms with van der Waals surface area (Å²) in [4.78, 5) is 9.07. The number of aryl methyl sites for hydroxylation is 2. The lowest BCUT2D eigenvalue weighted by Gasteiger charge is -2.02. The van der Waals surface area contributed by atoms with Gasteiger partial charge < -0.3 is 5.32 Å². The lowest BCUT2D eigenvalue weighted by molar-refractivity contribution is 0.714. The fraction of sp³-hybridized carbons (Fsp3) is 0.385. The molecule has 0 fully saturated rings. The number of aromatic nitrogens is 2. The molecule has 2 heterocycles. The summed E-state index contributed by atoms with van der Waals surface area (Å²) in [5.41, 5.74) is 4.47. The van der Waals surface area contributed by atoms with Gasteiger partial charge in [0.05, 0.1) is 5.69 Å². The average molecular weight is 247 g/mol. The molecule has 0 saturated carbocycles.